The van der Waals surface area contributed by atoms with Gasteiger partial charge >= 0.3 is 12.1 Å². The number of hydrogen-bond donors (Lipinski definition) is 1. The lowest BCUT2D eigenvalue weighted by Gasteiger charge is -2.12. The molecule has 1 aromatic carbocycles. The zero-order chi connectivity index (χ0) is 15.6. The molecule has 0 saturated heterocycles. The van der Waals surface area contributed by atoms with Gasteiger partial charge in [-0.2, -0.15) is 18.3 Å². The Morgan fingerprint density at radius 2 is 2.10 bits per heavy atom. The molecule has 0 radical (unpaired) electrons. The van der Waals surface area contributed by atoms with Gasteiger partial charge in [0, 0.05) is 12.3 Å². The van der Waals surface area contributed by atoms with Gasteiger partial charge in [0.15, 0.2) is 0 Å². The molecule has 0 aliphatic heterocycles. The lowest BCUT2D eigenvalue weighted by Crippen LogP contribution is -2.09. The molecule has 1 N–H and O–H groups in total. The van der Waals surface area contributed by atoms with Crippen molar-refractivity contribution in [3.63, 3.8) is 0 Å². The summed E-state index contributed by atoms with van der Waals surface area (Å²) in [4.78, 5) is 10.4. The lowest BCUT2D eigenvalue weighted by molar-refractivity contribution is -0.138. The van der Waals surface area contributed by atoms with Crippen LogP contribution in [0.15, 0.2) is 41.1 Å². The Bertz CT molecular complexity index is 708. The van der Waals surface area contributed by atoms with Crippen LogP contribution in [0, 0.1) is 0 Å². The summed E-state index contributed by atoms with van der Waals surface area (Å²) in [6.07, 6.45) is -0.0605. The third-order valence-electron chi connectivity index (χ3n) is 2.56. The molecule has 0 fully saturated rings. The fraction of sp³-hybridized carbons (Fsp3) is 0.0769. The highest BCUT2D eigenvalue weighted by Crippen LogP contribution is 2.34. The van der Waals surface area contributed by atoms with Crippen LogP contribution in [0.2, 0.25) is 0 Å². The second-order valence-corrected chi connectivity index (χ2v) is 4.96. The highest BCUT2D eigenvalue weighted by Gasteiger charge is 2.33. The fourth-order valence-electron chi connectivity index (χ4n) is 1.68. The number of alkyl halides is 3. The van der Waals surface area contributed by atoms with Crippen LogP contribution in [0.25, 0.3) is 11.8 Å². The van der Waals surface area contributed by atoms with E-state index in [1.807, 2.05) is 0 Å². The van der Waals surface area contributed by atoms with Gasteiger partial charge < -0.3 is 5.11 Å². The second-order valence-electron chi connectivity index (χ2n) is 4.04. The molecular weight excluding hydrogens is 353 g/mol. The predicted octanol–water partition coefficient (Wildman–Crippen LogP) is 3.75. The summed E-state index contributed by atoms with van der Waals surface area (Å²) in [7, 11) is 0. The molecule has 0 aliphatic rings. The second kappa shape index (κ2) is 5.72. The fourth-order valence-corrected chi connectivity index (χ4v) is 1.97. The summed E-state index contributed by atoms with van der Waals surface area (Å²) < 4.78 is 41.1. The Balaban J connectivity index is 2.52. The molecule has 0 unspecified atom stereocenters. The number of hydrogen-bond acceptors (Lipinski definition) is 2. The first kappa shape index (κ1) is 15.3. The van der Waals surface area contributed by atoms with Gasteiger partial charge in [0.05, 0.1) is 21.9 Å². The van der Waals surface area contributed by atoms with E-state index in [4.69, 9.17) is 5.11 Å². The number of rotatable bonds is 3. The predicted molar refractivity (Wildman–Crippen MR) is 72.9 cm³/mol. The lowest BCUT2D eigenvalue weighted by atomic mass is 10.1. The summed E-state index contributed by atoms with van der Waals surface area (Å²) in [6.45, 7) is 0. The molecule has 0 atom stereocenters. The van der Waals surface area contributed by atoms with Crippen LogP contribution < -0.4 is 0 Å². The van der Waals surface area contributed by atoms with Crippen LogP contribution in [-0.2, 0) is 11.0 Å². The Labute approximate surface area is 125 Å². The van der Waals surface area contributed by atoms with E-state index in [0.717, 1.165) is 12.1 Å². The third kappa shape index (κ3) is 3.72. The van der Waals surface area contributed by atoms with Crippen molar-refractivity contribution in [2.24, 2.45) is 0 Å². The van der Waals surface area contributed by atoms with Crippen molar-refractivity contribution in [2.75, 3.05) is 0 Å². The maximum atomic E-state index is 13.1. The van der Waals surface area contributed by atoms with E-state index >= 15 is 0 Å². The average molecular weight is 361 g/mol. The van der Waals surface area contributed by atoms with Crippen LogP contribution in [-0.4, -0.2) is 20.9 Å². The zero-order valence-electron chi connectivity index (χ0n) is 10.3. The Kier molecular flexibility index (Phi) is 4.17. The maximum Gasteiger partial charge on any atom is 0.417 e. The number of carboxylic acids is 1. The summed E-state index contributed by atoms with van der Waals surface area (Å²) in [5.74, 6) is -1.32. The van der Waals surface area contributed by atoms with Crippen molar-refractivity contribution in [1.29, 1.82) is 0 Å². The van der Waals surface area contributed by atoms with E-state index in [1.54, 1.807) is 0 Å². The molecule has 1 heterocycles. The molecule has 2 rings (SSSR count). The number of carbonyl (C=O) groups is 1. The van der Waals surface area contributed by atoms with E-state index in [0.29, 0.717) is 10.5 Å². The van der Waals surface area contributed by atoms with Gasteiger partial charge in [-0.05, 0) is 39.7 Å². The van der Waals surface area contributed by atoms with E-state index in [2.05, 4.69) is 21.0 Å². The number of aliphatic carboxylic acids is 1. The monoisotopic (exact) mass is 360 g/mol. The molecule has 0 amide bonds. The standard InChI is InChI=1S/C13H8BrF3N2O2/c14-9-6-18-19(7-9)10-3-1-8(2-4-12(20)21)11(5-10)13(15,16)17/h1-7H,(H,20,21)/b4-2+. The van der Waals surface area contributed by atoms with Crippen molar-refractivity contribution in [3.8, 4) is 5.69 Å². The van der Waals surface area contributed by atoms with Crippen LogP contribution in [0.1, 0.15) is 11.1 Å². The topological polar surface area (TPSA) is 55.1 Å². The minimum Gasteiger partial charge on any atom is -0.478 e. The first-order valence-corrected chi connectivity index (χ1v) is 6.39. The van der Waals surface area contributed by atoms with E-state index < -0.39 is 17.7 Å². The Morgan fingerprint density at radius 1 is 1.38 bits per heavy atom. The smallest absolute Gasteiger partial charge is 0.417 e. The molecule has 0 saturated carbocycles. The number of aromatic nitrogens is 2. The Morgan fingerprint density at radius 3 is 2.62 bits per heavy atom. The molecule has 4 nitrogen and oxygen atoms in total. The van der Waals surface area contributed by atoms with E-state index in [9.17, 15) is 18.0 Å². The van der Waals surface area contributed by atoms with Crippen molar-refractivity contribution in [2.45, 2.75) is 6.18 Å². The molecule has 0 aliphatic carbocycles. The minimum absolute atomic E-state index is 0.222. The molecule has 0 bridgehead atoms. The summed E-state index contributed by atoms with van der Waals surface area (Å²) in [6, 6.07) is 3.55. The third-order valence-corrected chi connectivity index (χ3v) is 2.97. The van der Waals surface area contributed by atoms with Crippen molar-refractivity contribution in [3.05, 3.63) is 52.3 Å². The minimum atomic E-state index is -4.60. The summed E-state index contributed by atoms with van der Waals surface area (Å²) in [5, 5.41) is 12.4. The number of benzene rings is 1. The van der Waals surface area contributed by atoms with Gasteiger partial charge in [-0.15, -0.1) is 0 Å². The molecular formula is C13H8BrF3N2O2. The number of carboxylic acid groups (broad SMARTS) is 1. The van der Waals surface area contributed by atoms with Crippen LogP contribution in [0.3, 0.4) is 0 Å². The van der Waals surface area contributed by atoms with Crippen molar-refractivity contribution < 1.29 is 23.1 Å². The van der Waals surface area contributed by atoms with Crippen molar-refractivity contribution in [1.82, 2.24) is 9.78 Å². The van der Waals surface area contributed by atoms with Gasteiger partial charge in [0.25, 0.3) is 0 Å². The molecule has 110 valence electrons. The molecule has 8 heteroatoms. The first-order valence-electron chi connectivity index (χ1n) is 5.60. The highest BCUT2D eigenvalue weighted by atomic mass is 79.9. The van der Waals surface area contributed by atoms with Gasteiger partial charge in [-0.3, -0.25) is 0 Å². The SMILES string of the molecule is O=C(O)/C=C/c1ccc(-n2cc(Br)cn2)cc1C(F)(F)F. The molecule has 2 aromatic rings. The average Bonchev–Trinajstić information content (AvgIpc) is 2.81. The van der Waals surface area contributed by atoms with Crippen LogP contribution in [0.4, 0.5) is 13.2 Å². The van der Waals surface area contributed by atoms with Gasteiger partial charge in [0.1, 0.15) is 0 Å². The van der Waals surface area contributed by atoms with Gasteiger partial charge in [-0.25, -0.2) is 9.48 Å². The summed E-state index contributed by atoms with van der Waals surface area (Å²) >= 11 is 3.16. The zero-order valence-corrected chi connectivity index (χ0v) is 11.9. The first-order chi connectivity index (χ1) is 9.77. The van der Waals surface area contributed by atoms with E-state index in [1.165, 1.54) is 29.2 Å². The highest BCUT2D eigenvalue weighted by molar-refractivity contribution is 9.10. The molecule has 1 aromatic heterocycles. The Hall–Kier alpha value is -2.09. The number of nitrogens with zero attached hydrogens (tertiary/aromatic N) is 2. The van der Waals surface area contributed by atoms with E-state index in [-0.39, 0.29) is 11.3 Å². The van der Waals surface area contributed by atoms with Crippen LogP contribution >= 0.6 is 15.9 Å². The summed E-state index contributed by atoms with van der Waals surface area (Å²) in [5.41, 5.74) is -0.926. The van der Waals surface area contributed by atoms with Crippen LogP contribution in [0.5, 0.6) is 0 Å². The van der Waals surface area contributed by atoms with Gasteiger partial charge in [-0.1, -0.05) is 6.07 Å². The largest absolute Gasteiger partial charge is 0.478 e. The number of halogens is 4. The van der Waals surface area contributed by atoms with Crippen molar-refractivity contribution >= 4 is 28.0 Å². The van der Waals surface area contributed by atoms with Gasteiger partial charge in [0.2, 0.25) is 0 Å². The maximum absolute atomic E-state index is 13.1. The quantitative estimate of drug-likeness (QED) is 0.848. The normalized spacial score (nSPS) is 12.0. The molecule has 21 heavy (non-hydrogen) atoms. The molecule has 0 spiro atoms.